The predicted octanol–water partition coefficient (Wildman–Crippen LogP) is 3.21. The van der Waals surface area contributed by atoms with Gasteiger partial charge in [-0.3, -0.25) is 4.79 Å². The minimum atomic E-state index is -0.285. The molecule has 1 aliphatic heterocycles. The third-order valence-corrected chi connectivity index (χ3v) is 3.86. The summed E-state index contributed by atoms with van der Waals surface area (Å²) in [7, 11) is 3.18. The Morgan fingerprint density at radius 3 is 2.48 bits per heavy atom. The molecule has 0 saturated carbocycles. The van der Waals surface area contributed by atoms with Gasteiger partial charge in [-0.05, 0) is 29.8 Å². The first-order chi connectivity index (χ1) is 11.2. The first-order valence-electron chi connectivity index (χ1n) is 7.38. The van der Waals surface area contributed by atoms with Crippen LogP contribution in [0.15, 0.2) is 53.6 Å². The number of carbonyl (C=O) groups is 1. The largest absolute Gasteiger partial charge is 0.493 e. The maximum Gasteiger partial charge on any atom is 0.255 e. The van der Waals surface area contributed by atoms with E-state index in [1.807, 2.05) is 48.5 Å². The van der Waals surface area contributed by atoms with E-state index in [2.05, 4.69) is 5.10 Å². The lowest BCUT2D eigenvalue weighted by Crippen LogP contribution is -2.34. The fourth-order valence-corrected chi connectivity index (χ4v) is 2.65. The molecule has 2 aromatic carbocycles. The normalized spacial score (nSPS) is 17.2. The Bertz CT molecular complexity index is 728. The Labute approximate surface area is 135 Å². The second-order valence-corrected chi connectivity index (χ2v) is 5.19. The molecule has 5 heteroatoms. The van der Waals surface area contributed by atoms with Gasteiger partial charge in [-0.1, -0.05) is 24.3 Å². The zero-order valence-electron chi connectivity index (χ0n) is 13.1. The average molecular weight is 310 g/mol. The quantitative estimate of drug-likeness (QED) is 0.871. The van der Waals surface area contributed by atoms with Gasteiger partial charge in [0.1, 0.15) is 0 Å². The van der Waals surface area contributed by atoms with Crippen LogP contribution in [0.5, 0.6) is 11.5 Å². The van der Waals surface area contributed by atoms with Gasteiger partial charge in [-0.25, -0.2) is 5.01 Å². The molecule has 0 spiro atoms. The number of ether oxygens (including phenoxy) is 2. The molecule has 0 fully saturated rings. The number of methoxy groups -OCH3 is 2. The maximum atomic E-state index is 12.8. The summed E-state index contributed by atoms with van der Waals surface area (Å²) < 4.78 is 10.6. The summed E-state index contributed by atoms with van der Waals surface area (Å²) in [5.74, 6) is 0.929. The van der Waals surface area contributed by atoms with Crippen molar-refractivity contribution in [2.24, 2.45) is 5.10 Å². The van der Waals surface area contributed by atoms with E-state index in [1.54, 1.807) is 20.4 Å². The summed E-state index contributed by atoms with van der Waals surface area (Å²) in [6.07, 6.45) is 2.34. The minimum Gasteiger partial charge on any atom is -0.493 e. The number of hydrogen-bond donors (Lipinski definition) is 0. The van der Waals surface area contributed by atoms with E-state index in [0.717, 1.165) is 11.3 Å². The van der Waals surface area contributed by atoms with Crippen molar-refractivity contribution in [1.29, 1.82) is 0 Å². The molecule has 23 heavy (non-hydrogen) atoms. The molecule has 0 N–H and O–H groups in total. The molecule has 1 unspecified atom stereocenters. The lowest BCUT2D eigenvalue weighted by Gasteiger charge is -2.26. The molecule has 0 bridgehead atoms. The molecule has 2 aromatic rings. The number of hydrogen-bond acceptors (Lipinski definition) is 4. The van der Waals surface area contributed by atoms with Gasteiger partial charge in [0.05, 0.1) is 25.8 Å². The second kappa shape index (κ2) is 6.52. The van der Waals surface area contributed by atoms with E-state index in [0.29, 0.717) is 17.9 Å². The van der Waals surface area contributed by atoms with E-state index >= 15 is 0 Å². The lowest BCUT2D eigenvalue weighted by atomic mass is 9.93. The molecule has 1 atom stereocenters. The van der Waals surface area contributed by atoms with Crippen molar-refractivity contribution in [3.63, 3.8) is 0 Å². The molecular formula is C18H18N2O3. The van der Waals surface area contributed by atoms with Crippen LogP contribution >= 0.6 is 0 Å². The fraction of sp³-hybridized carbons (Fsp3) is 0.222. The Morgan fingerprint density at radius 1 is 1.04 bits per heavy atom. The summed E-state index contributed by atoms with van der Waals surface area (Å²) in [5, 5.41) is 5.68. The van der Waals surface area contributed by atoms with Crippen LogP contribution in [0.2, 0.25) is 0 Å². The Hall–Kier alpha value is -2.82. The SMILES string of the molecule is COc1ccc(C2CC=NN(c3ccccc3)C2=O)cc1OC. The third-order valence-electron chi connectivity index (χ3n) is 3.86. The lowest BCUT2D eigenvalue weighted by molar-refractivity contribution is -0.120. The topological polar surface area (TPSA) is 51.1 Å². The van der Waals surface area contributed by atoms with Crippen molar-refractivity contribution in [2.45, 2.75) is 12.3 Å². The summed E-state index contributed by atoms with van der Waals surface area (Å²) in [6.45, 7) is 0. The van der Waals surface area contributed by atoms with E-state index in [-0.39, 0.29) is 11.8 Å². The van der Waals surface area contributed by atoms with Gasteiger partial charge in [-0.15, -0.1) is 0 Å². The number of benzene rings is 2. The monoisotopic (exact) mass is 310 g/mol. The molecule has 0 aromatic heterocycles. The first-order valence-corrected chi connectivity index (χ1v) is 7.38. The zero-order chi connectivity index (χ0) is 16.2. The third kappa shape index (κ3) is 2.90. The summed E-state index contributed by atoms with van der Waals surface area (Å²) in [4.78, 5) is 12.8. The highest BCUT2D eigenvalue weighted by Gasteiger charge is 2.30. The molecule has 118 valence electrons. The molecule has 1 amide bonds. The standard InChI is InChI=1S/C18H18N2O3/c1-22-16-9-8-13(12-17(16)23-2)15-10-11-19-20(18(15)21)14-6-4-3-5-7-14/h3-9,11-12,15H,10H2,1-2H3. The van der Waals surface area contributed by atoms with Crippen molar-refractivity contribution in [1.82, 2.24) is 0 Å². The Morgan fingerprint density at radius 2 is 1.78 bits per heavy atom. The highest BCUT2D eigenvalue weighted by Crippen LogP contribution is 2.34. The van der Waals surface area contributed by atoms with Crippen LogP contribution in [0.1, 0.15) is 17.9 Å². The van der Waals surface area contributed by atoms with Gasteiger partial charge in [0.25, 0.3) is 5.91 Å². The van der Waals surface area contributed by atoms with Crippen molar-refractivity contribution >= 4 is 17.8 Å². The van der Waals surface area contributed by atoms with Gasteiger partial charge in [-0.2, -0.15) is 5.10 Å². The molecular weight excluding hydrogens is 292 g/mol. The smallest absolute Gasteiger partial charge is 0.255 e. The molecule has 1 aliphatic rings. The highest BCUT2D eigenvalue weighted by molar-refractivity contribution is 6.01. The number of nitrogens with zero attached hydrogens (tertiary/aromatic N) is 2. The molecule has 0 radical (unpaired) electrons. The van der Waals surface area contributed by atoms with Gasteiger partial charge < -0.3 is 9.47 Å². The van der Waals surface area contributed by atoms with Gasteiger partial charge in [0, 0.05) is 12.6 Å². The maximum absolute atomic E-state index is 12.8. The van der Waals surface area contributed by atoms with Crippen molar-refractivity contribution in [3.8, 4) is 11.5 Å². The molecule has 5 nitrogen and oxygen atoms in total. The molecule has 3 rings (SSSR count). The summed E-state index contributed by atoms with van der Waals surface area (Å²) >= 11 is 0. The van der Waals surface area contributed by atoms with Crippen LogP contribution in [0.4, 0.5) is 5.69 Å². The fourth-order valence-electron chi connectivity index (χ4n) is 2.65. The number of para-hydroxylation sites is 1. The van der Waals surface area contributed by atoms with Crippen molar-refractivity contribution in [2.75, 3.05) is 19.2 Å². The van der Waals surface area contributed by atoms with Crippen LogP contribution < -0.4 is 14.5 Å². The number of hydrazone groups is 1. The Kier molecular flexibility index (Phi) is 4.28. The van der Waals surface area contributed by atoms with Crippen molar-refractivity contribution < 1.29 is 14.3 Å². The molecule has 1 heterocycles. The zero-order valence-corrected chi connectivity index (χ0v) is 13.1. The van der Waals surface area contributed by atoms with Crippen LogP contribution in [0.25, 0.3) is 0 Å². The van der Waals surface area contributed by atoms with Gasteiger partial charge >= 0.3 is 0 Å². The van der Waals surface area contributed by atoms with E-state index in [9.17, 15) is 4.79 Å². The van der Waals surface area contributed by atoms with Gasteiger partial charge in [0.15, 0.2) is 11.5 Å². The number of anilines is 1. The van der Waals surface area contributed by atoms with E-state index in [1.165, 1.54) is 5.01 Å². The highest BCUT2D eigenvalue weighted by atomic mass is 16.5. The minimum absolute atomic E-state index is 0.0501. The first kappa shape index (κ1) is 15.1. The van der Waals surface area contributed by atoms with Crippen LogP contribution in [-0.2, 0) is 4.79 Å². The number of carbonyl (C=O) groups excluding carboxylic acids is 1. The summed E-state index contributed by atoms with van der Waals surface area (Å²) in [5.41, 5.74) is 1.65. The molecule has 0 saturated heterocycles. The second-order valence-electron chi connectivity index (χ2n) is 5.19. The Balaban J connectivity index is 1.92. The van der Waals surface area contributed by atoms with Crippen LogP contribution in [0.3, 0.4) is 0 Å². The van der Waals surface area contributed by atoms with Crippen LogP contribution in [-0.4, -0.2) is 26.3 Å². The average Bonchev–Trinajstić information content (AvgIpc) is 2.62. The van der Waals surface area contributed by atoms with Crippen LogP contribution in [0, 0.1) is 0 Å². The van der Waals surface area contributed by atoms with E-state index in [4.69, 9.17) is 9.47 Å². The van der Waals surface area contributed by atoms with Gasteiger partial charge in [0.2, 0.25) is 0 Å². The van der Waals surface area contributed by atoms with Crippen molar-refractivity contribution in [3.05, 3.63) is 54.1 Å². The number of rotatable bonds is 4. The molecule has 0 aliphatic carbocycles. The predicted molar refractivity (Wildman–Crippen MR) is 89.3 cm³/mol. The van der Waals surface area contributed by atoms with E-state index < -0.39 is 0 Å². The summed E-state index contributed by atoms with van der Waals surface area (Å²) in [6, 6.07) is 15.0. The number of amides is 1.